The third-order valence-electron chi connectivity index (χ3n) is 1.97. The molecule has 0 saturated carbocycles. The minimum absolute atomic E-state index is 0.0160. The predicted octanol–water partition coefficient (Wildman–Crippen LogP) is 2.44. The summed E-state index contributed by atoms with van der Waals surface area (Å²) >= 11 is 5.80. The van der Waals surface area contributed by atoms with Gasteiger partial charge in [0.25, 0.3) is 0 Å². The van der Waals surface area contributed by atoms with Crippen LogP contribution in [-0.2, 0) is 0 Å². The molecule has 4 nitrogen and oxygen atoms in total. The normalized spacial score (nSPS) is 11.8. The molecule has 2 rings (SSSR count). The molecule has 15 heavy (non-hydrogen) atoms. The molecule has 72 valence electrons. The SMILES string of the molecule is N#CC(C#N)=C1Nc2ccc(Cl)cc2N1. The van der Waals surface area contributed by atoms with Crippen LogP contribution in [0.5, 0.6) is 0 Å². The minimum Gasteiger partial charge on any atom is -0.338 e. The zero-order valence-electron chi connectivity index (χ0n) is 7.50. The Balaban J connectivity index is 2.44. The number of rotatable bonds is 0. The number of hydrogen-bond donors (Lipinski definition) is 2. The van der Waals surface area contributed by atoms with E-state index in [4.69, 9.17) is 22.1 Å². The van der Waals surface area contributed by atoms with E-state index in [1.807, 2.05) is 0 Å². The fourth-order valence-electron chi connectivity index (χ4n) is 1.29. The number of nitrogens with one attached hydrogen (secondary N) is 2. The molecule has 2 N–H and O–H groups in total. The summed E-state index contributed by atoms with van der Waals surface area (Å²) in [6.45, 7) is 0. The number of nitrogens with zero attached hydrogens (tertiary/aromatic N) is 2. The van der Waals surface area contributed by atoms with Gasteiger partial charge in [-0.05, 0) is 18.2 Å². The Hall–Kier alpha value is -2.17. The van der Waals surface area contributed by atoms with Crippen LogP contribution in [0.15, 0.2) is 29.6 Å². The molecule has 0 aromatic heterocycles. The van der Waals surface area contributed by atoms with Gasteiger partial charge in [0.05, 0.1) is 11.4 Å². The maximum Gasteiger partial charge on any atom is 0.170 e. The van der Waals surface area contributed by atoms with Crippen LogP contribution >= 0.6 is 11.6 Å². The van der Waals surface area contributed by atoms with Gasteiger partial charge in [0.1, 0.15) is 18.0 Å². The highest BCUT2D eigenvalue weighted by Crippen LogP contribution is 2.33. The molecule has 0 bridgehead atoms. The quantitative estimate of drug-likeness (QED) is 0.654. The molecule has 0 aliphatic carbocycles. The van der Waals surface area contributed by atoms with Crippen LogP contribution < -0.4 is 10.6 Å². The van der Waals surface area contributed by atoms with Crippen LogP contribution in [0.2, 0.25) is 5.02 Å². The summed E-state index contributed by atoms with van der Waals surface area (Å²) in [7, 11) is 0. The van der Waals surface area contributed by atoms with E-state index in [1.54, 1.807) is 30.3 Å². The van der Waals surface area contributed by atoms with Crippen molar-refractivity contribution in [1.29, 1.82) is 10.5 Å². The van der Waals surface area contributed by atoms with E-state index in [0.717, 1.165) is 11.4 Å². The van der Waals surface area contributed by atoms with Crippen molar-refractivity contribution in [3.63, 3.8) is 0 Å². The smallest absolute Gasteiger partial charge is 0.170 e. The zero-order chi connectivity index (χ0) is 10.8. The third-order valence-corrected chi connectivity index (χ3v) is 2.21. The largest absolute Gasteiger partial charge is 0.338 e. The van der Waals surface area contributed by atoms with Gasteiger partial charge in [-0.2, -0.15) is 10.5 Å². The molecule has 1 aromatic carbocycles. The molecule has 5 heteroatoms. The average molecular weight is 217 g/mol. The first-order valence-corrected chi connectivity index (χ1v) is 4.50. The monoisotopic (exact) mass is 216 g/mol. The van der Waals surface area contributed by atoms with E-state index < -0.39 is 0 Å². The van der Waals surface area contributed by atoms with Crippen molar-refractivity contribution in [3.05, 3.63) is 34.6 Å². The molecular formula is C10H5ClN4. The summed E-state index contributed by atoms with van der Waals surface area (Å²) in [5.41, 5.74) is 1.58. The molecule has 0 amide bonds. The Kier molecular flexibility index (Phi) is 2.21. The second-order valence-electron chi connectivity index (χ2n) is 2.91. The van der Waals surface area contributed by atoms with Crippen molar-refractivity contribution < 1.29 is 0 Å². The number of anilines is 2. The number of nitriles is 2. The van der Waals surface area contributed by atoms with E-state index in [9.17, 15) is 0 Å². The number of halogens is 1. The van der Waals surface area contributed by atoms with Gasteiger partial charge in [-0.15, -0.1) is 0 Å². The van der Waals surface area contributed by atoms with E-state index in [-0.39, 0.29) is 5.57 Å². The lowest BCUT2D eigenvalue weighted by molar-refractivity contribution is 1.38. The lowest BCUT2D eigenvalue weighted by Gasteiger charge is -1.97. The average Bonchev–Trinajstić information content (AvgIpc) is 2.62. The number of benzene rings is 1. The van der Waals surface area contributed by atoms with Crippen molar-refractivity contribution in [3.8, 4) is 12.1 Å². The van der Waals surface area contributed by atoms with E-state index in [0.29, 0.717) is 10.8 Å². The van der Waals surface area contributed by atoms with Gasteiger partial charge in [-0.25, -0.2) is 0 Å². The molecule has 1 aromatic rings. The van der Waals surface area contributed by atoms with Crippen molar-refractivity contribution >= 4 is 23.0 Å². The maximum atomic E-state index is 8.68. The van der Waals surface area contributed by atoms with Crippen molar-refractivity contribution in [2.75, 3.05) is 10.6 Å². The Morgan fingerprint density at radius 3 is 2.47 bits per heavy atom. The Labute approximate surface area is 91.4 Å². The van der Waals surface area contributed by atoms with Gasteiger partial charge < -0.3 is 10.6 Å². The zero-order valence-corrected chi connectivity index (χ0v) is 8.26. The fourth-order valence-corrected chi connectivity index (χ4v) is 1.46. The number of fused-ring (bicyclic) bond motifs is 1. The molecular weight excluding hydrogens is 212 g/mol. The van der Waals surface area contributed by atoms with Crippen molar-refractivity contribution in [1.82, 2.24) is 0 Å². The van der Waals surface area contributed by atoms with Crippen molar-refractivity contribution in [2.45, 2.75) is 0 Å². The van der Waals surface area contributed by atoms with Crippen LogP contribution in [-0.4, -0.2) is 0 Å². The van der Waals surface area contributed by atoms with Crippen LogP contribution in [0.4, 0.5) is 11.4 Å². The van der Waals surface area contributed by atoms with E-state index in [2.05, 4.69) is 10.6 Å². The molecule has 1 aliphatic rings. The summed E-state index contributed by atoms with van der Waals surface area (Å²) in [4.78, 5) is 0. The number of allylic oxidation sites excluding steroid dienone is 1. The lowest BCUT2D eigenvalue weighted by atomic mass is 10.3. The molecule has 1 heterocycles. The minimum atomic E-state index is 0.0160. The molecule has 0 radical (unpaired) electrons. The Bertz CT molecular complexity index is 517. The molecule has 0 fully saturated rings. The highest BCUT2D eigenvalue weighted by Gasteiger charge is 2.17. The predicted molar refractivity (Wildman–Crippen MR) is 56.9 cm³/mol. The third kappa shape index (κ3) is 1.59. The van der Waals surface area contributed by atoms with Gasteiger partial charge in [-0.1, -0.05) is 11.6 Å². The van der Waals surface area contributed by atoms with Crippen LogP contribution in [0.3, 0.4) is 0 Å². The summed E-state index contributed by atoms with van der Waals surface area (Å²) in [5, 5.41) is 23.8. The van der Waals surface area contributed by atoms with Crippen LogP contribution in [0.1, 0.15) is 0 Å². The van der Waals surface area contributed by atoms with Crippen molar-refractivity contribution in [2.24, 2.45) is 0 Å². The second-order valence-corrected chi connectivity index (χ2v) is 3.35. The highest BCUT2D eigenvalue weighted by atomic mass is 35.5. The Morgan fingerprint density at radius 1 is 1.13 bits per heavy atom. The van der Waals surface area contributed by atoms with Crippen LogP contribution in [0, 0.1) is 22.7 Å². The topological polar surface area (TPSA) is 71.6 Å². The van der Waals surface area contributed by atoms with Gasteiger partial charge in [0.15, 0.2) is 5.57 Å². The Morgan fingerprint density at radius 2 is 1.80 bits per heavy atom. The highest BCUT2D eigenvalue weighted by molar-refractivity contribution is 6.31. The first kappa shape index (κ1) is 9.39. The molecule has 1 aliphatic heterocycles. The van der Waals surface area contributed by atoms with Crippen LogP contribution in [0.25, 0.3) is 0 Å². The maximum absolute atomic E-state index is 8.68. The summed E-state index contributed by atoms with van der Waals surface area (Å²) in [6.07, 6.45) is 0. The van der Waals surface area contributed by atoms with E-state index >= 15 is 0 Å². The number of hydrogen-bond acceptors (Lipinski definition) is 4. The fraction of sp³-hybridized carbons (Fsp3) is 0. The molecule has 0 unspecified atom stereocenters. The van der Waals surface area contributed by atoms with Gasteiger partial charge in [0.2, 0.25) is 0 Å². The van der Waals surface area contributed by atoms with Gasteiger partial charge in [-0.3, -0.25) is 0 Å². The first-order valence-electron chi connectivity index (χ1n) is 4.12. The molecule has 0 spiro atoms. The van der Waals surface area contributed by atoms with Gasteiger partial charge >= 0.3 is 0 Å². The van der Waals surface area contributed by atoms with E-state index in [1.165, 1.54) is 0 Å². The summed E-state index contributed by atoms with van der Waals surface area (Å²) < 4.78 is 0. The summed E-state index contributed by atoms with van der Waals surface area (Å²) in [6, 6.07) is 8.85. The standard InChI is InChI=1S/C10H5ClN4/c11-7-1-2-8-9(3-7)15-10(14-8)6(4-12)5-13/h1-3,14-15H. The summed E-state index contributed by atoms with van der Waals surface area (Å²) in [5.74, 6) is 0.400. The van der Waals surface area contributed by atoms with Gasteiger partial charge in [0, 0.05) is 5.02 Å². The second kappa shape index (κ2) is 3.53. The molecule has 0 atom stereocenters. The first-order chi connectivity index (χ1) is 7.24. The lowest BCUT2D eigenvalue weighted by Crippen LogP contribution is -2.02. The molecule has 0 saturated heterocycles.